The second-order valence-corrected chi connectivity index (χ2v) is 12.3. The Morgan fingerprint density at radius 3 is 1.36 bits per heavy atom. The van der Waals surface area contributed by atoms with Crippen LogP contribution in [0.3, 0.4) is 0 Å². The number of carbonyl (C=O) groups is 10. The fourth-order valence-electron chi connectivity index (χ4n) is 4.91. The first-order valence-electron chi connectivity index (χ1n) is 17.0. The molecule has 56 heavy (non-hydrogen) atoms. The average Bonchev–Trinajstić information content (AvgIpc) is 3.11. The van der Waals surface area contributed by atoms with E-state index in [0.29, 0.717) is 5.56 Å². The number of carboxylic acids is 6. The molecular formula is C34H46N6O16. The lowest BCUT2D eigenvalue weighted by Crippen LogP contribution is -2.56. The van der Waals surface area contributed by atoms with Crippen molar-refractivity contribution in [1.29, 1.82) is 0 Å². The van der Waals surface area contributed by atoms with Crippen molar-refractivity contribution in [3.05, 3.63) is 48.3 Å². The average molecular weight is 795 g/mol. The van der Waals surface area contributed by atoms with E-state index in [1.165, 1.54) is 6.92 Å². The van der Waals surface area contributed by atoms with Gasteiger partial charge in [-0.15, -0.1) is 0 Å². The molecule has 12 N–H and O–H groups in total. The topological polar surface area (TPSA) is 364 Å². The second-order valence-electron chi connectivity index (χ2n) is 12.3. The van der Waals surface area contributed by atoms with Gasteiger partial charge in [-0.2, -0.15) is 0 Å². The molecule has 0 saturated heterocycles. The molecule has 1 rings (SSSR count). The lowest BCUT2D eigenvalue weighted by molar-refractivity contribution is -0.143. The maximum Gasteiger partial charge on any atom is 0.326 e. The highest BCUT2D eigenvalue weighted by molar-refractivity contribution is 5.95. The van der Waals surface area contributed by atoms with Gasteiger partial charge in [0.05, 0.1) is 12.2 Å². The van der Waals surface area contributed by atoms with E-state index >= 15 is 0 Å². The Morgan fingerprint density at radius 2 is 0.929 bits per heavy atom. The summed E-state index contributed by atoms with van der Waals surface area (Å²) in [6, 6.07) is -0.943. The molecule has 0 radical (unpaired) electrons. The predicted octanol–water partition coefficient (Wildman–Crippen LogP) is -1.80. The van der Waals surface area contributed by atoms with Crippen molar-refractivity contribution in [2.24, 2.45) is 0 Å². The van der Waals surface area contributed by atoms with Crippen LogP contribution in [-0.2, 0) is 54.4 Å². The molecule has 6 atom stereocenters. The van der Waals surface area contributed by atoms with E-state index < -0.39 is 134 Å². The van der Waals surface area contributed by atoms with Gasteiger partial charge in [-0.25, -0.2) is 19.2 Å². The van der Waals surface area contributed by atoms with Gasteiger partial charge in [0.1, 0.15) is 36.3 Å². The molecule has 0 bridgehead atoms. The molecule has 0 spiro atoms. The van der Waals surface area contributed by atoms with Crippen molar-refractivity contribution < 1.29 is 78.6 Å². The lowest BCUT2D eigenvalue weighted by Gasteiger charge is -2.24. The first-order chi connectivity index (χ1) is 26.2. The fraction of sp³-hybridized carbons (Fsp3) is 0.471. The van der Waals surface area contributed by atoms with Crippen LogP contribution in [0.25, 0.3) is 0 Å². The Hall–Kier alpha value is -6.74. The van der Waals surface area contributed by atoms with Crippen LogP contribution in [0.1, 0.15) is 63.9 Å². The number of amides is 4. The van der Waals surface area contributed by atoms with Crippen LogP contribution in [0.2, 0.25) is 0 Å². The molecule has 0 fully saturated rings. The molecule has 22 heteroatoms. The van der Waals surface area contributed by atoms with Gasteiger partial charge >= 0.3 is 35.8 Å². The van der Waals surface area contributed by atoms with E-state index in [9.17, 15) is 73.5 Å². The largest absolute Gasteiger partial charge is 0.481 e. The minimum absolute atomic E-state index is 0.00579. The summed E-state index contributed by atoms with van der Waals surface area (Å²) in [4.78, 5) is 121. The Kier molecular flexibility index (Phi) is 20.1. The third-order valence-corrected chi connectivity index (χ3v) is 7.86. The van der Waals surface area contributed by atoms with Gasteiger partial charge in [-0.3, -0.25) is 28.8 Å². The van der Waals surface area contributed by atoms with Crippen LogP contribution in [0.4, 0.5) is 0 Å². The summed E-state index contributed by atoms with van der Waals surface area (Å²) in [5, 5.41) is 69.6. The summed E-state index contributed by atoms with van der Waals surface area (Å²) in [5.41, 5.74) is 0.549. The molecule has 4 amide bonds. The van der Waals surface area contributed by atoms with Gasteiger partial charge in [-0.1, -0.05) is 43.8 Å². The third-order valence-electron chi connectivity index (χ3n) is 7.86. The molecule has 1 unspecified atom stereocenters. The van der Waals surface area contributed by atoms with Crippen molar-refractivity contribution in [3.63, 3.8) is 0 Å². The summed E-state index contributed by atoms with van der Waals surface area (Å²) in [7, 11) is 0. The minimum atomic E-state index is -1.78. The minimum Gasteiger partial charge on any atom is -0.481 e. The highest BCUT2D eigenvalue weighted by atomic mass is 16.4. The van der Waals surface area contributed by atoms with Gasteiger partial charge in [-0.05, 0) is 31.2 Å². The first-order valence-corrected chi connectivity index (χ1v) is 17.0. The Morgan fingerprint density at radius 1 is 0.518 bits per heavy atom. The number of hydrogen-bond donors (Lipinski definition) is 12. The molecule has 22 nitrogen and oxygen atoms in total. The van der Waals surface area contributed by atoms with E-state index in [1.54, 1.807) is 30.3 Å². The molecule has 308 valence electrons. The second kappa shape index (κ2) is 23.8. The monoisotopic (exact) mass is 794 g/mol. The molecule has 0 aliphatic heterocycles. The van der Waals surface area contributed by atoms with Gasteiger partial charge in [0.25, 0.3) is 0 Å². The summed E-state index contributed by atoms with van der Waals surface area (Å²) >= 11 is 0. The van der Waals surface area contributed by atoms with Crippen molar-refractivity contribution in [2.75, 3.05) is 0 Å². The summed E-state index contributed by atoms with van der Waals surface area (Å²) < 4.78 is 0. The molecule has 1 aromatic rings. The number of aliphatic carboxylic acids is 6. The van der Waals surface area contributed by atoms with Gasteiger partial charge in [0, 0.05) is 25.7 Å². The van der Waals surface area contributed by atoms with E-state index in [1.807, 2.05) is 0 Å². The highest BCUT2D eigenvalue weighted by Gasteiger charge is 2.31. The Bertz CT molecular complexity index is 1620. The molecule has 0 heterocycles. The van der Waals surface area contributed by atoms with Crippen LogP contribution in [0, 0.1) is 0 Å². The number of benzene rings is 1. The number of nitrogens with one attached hydrogen (secondary N) is 6. The van der Waals surface area contributed by atoms with Gasteiger partial charge in [0.15, 0.2) is 0 Å². The van der Waals surface area contributed by atoms with E-state index in [4.69, 9.17) is 5.11 Å². The van der Waals surface area contributed by atoms with Crippen LogP contribution in [0.15, 0.2) is 42.7 Å². The number of carboxylic acid groups (broad SMARTS) is 6. The SMILES string of the molecule is C=C(N[C@H](CCC(=O)O)C(=O)O)N[C@H](CCC(=O)N[C@@H](CCC(=O)N[C@@H](CC(=O)O)C(=O)NC(Cc1ccccc1)C(=O)N[C@@H](CC)C(=O)O)C(=O)O)C(=O)O. The standard InChI is InChI=1S/C34H46N6O16/c1-3-19(31(49)50)39-29(47)23(15-18-7-5-4-6-8-18)40-30(48)24(16-28(45)46)38-26(42)13-10-22(34(55)56)37-25(41)12-9-20(32(51)52)35-17(2)36-21(33(53)54)11-14-27(43)44/h4-8,19-24,35-36H,2-3,9-16H2,1H3,(H,37,41)(H,38,42)(H,39,47)(H,40,48)(H,43,44)(H,45,46)(H,49,50)(H,51,52)(H,53,54)(H,55,56)/t19-,20+,21+,22-,23?,24-/m0/s1. The molecule has 0 aromatic heterocycles. The molecule has 0 aliphatic carbocycles. The van der Waals surface area contributed by atoms with E-state index in [-0.39, 0.29) is 25.1 Å². The fourth-order valence-corrected chi connectivity index (χ4v) is 4.91. The predicted molar refractivity (Wildman–Crippen MR) is 189 cm³/mol. The van der Waals surface area contributed by atoms with Crippen LogP contribution in [-0.4, -0.2) is 126 Å². The van der Waals surface area contributed by atoms with Crippen molar-refractivity contribution in [1.82, 2.24) is 31.9 Å². The molecular weight excluding hydrogens is 748 g/mol. The Balaban J connectivity index is 2.92. The smallest absolute Gasteiger partial charge is 0.326 e. The zero-order chi connectivity index (χ0) is 42.5. The number of carbonyl (C=O) groups excluding carboxylic acids is 4. The zero-order valence-electron chi connectivity index (χ0n) is 30.2. The van der Waals surface area contributed by atoms with Crippen LogP contribution < -0.4 is 31.9 Å². The number of rotatable bonds is 28. The van der Waals surface area contributed by atoms with Gasteiger partial charge in [0.2, 0.25) is 23.6 Å². The molecule has 1 aromatic carbocycles. The summed E-state index contributed by atoms with van der Waals surface area (Å²) in [6.07, 6.45) is -4.27. The maximum absolute atomic E-state index is 13.2. The lowest BCUT2D eigenvalue weighted by atomic mass is 10.0. The van der Waals surface area contributed by atoms with Crippen LogP contribution >= 0.6 is 0 Å². The summed E-state index contributed by atoms with van der Waals surface area (Å²) in [5.74, 6) is -13.0. The third kappa shape index (κ3) is 18.3. The van der Waals surface area contributed by atoms with E-state index in [0.717, 1.165) is 0 Å². The number of hydrogen-bond acceptors (Lipinski definition) is 12. The normalized spacial score (nSPS) is 13.8. The summed E-state index contributed by atoms with van der Waals surface area (Å²) in [6.45, 7) is 4.97. The maximum atomic E-state index is 13.2. The Labute approximate surface area is 319 Å². The van der Waals surface area contributed by atoms with Crippen molar-refractivity contribution in [3.8, 4) is 0 Å². The van der Waals surface area contributed by atoms with E-state index in [2.05, 4.69) is 38.5 Å². The zero-order valence-corrected chi connectivity index (χ0v) is 30.2. The van der Waals surface area contributed by atoms with Crippen LogP contribution in [0.5, 0.6) is 0 Å². The van der Waals surface area contributed by atoms with Gasteiger partial charge < -0.3 is 62.5 Å². The highest BCUT2D eigenvalue weighted by Crippen LogP contribution is 2.08. The first kappa shape index (κ1) is 47.3. The molecule has 0 saturated carbocycles. The van der Waals surface area contributed by atoms with Crippen molar-refractivity contribution >= 4 is 59.4 Å². The van der Waals surface area contributed by atoms with Crippen molar-refractivity contribution in [2.45, 2.75) is 101 Å². The quantitative estimate of drug-likeness (QED) is 0.0445. The molecule has 0 aliphatic rings.